The minimum absolute atomic E-state index is 0.137. The lowest BCUT2D eigenvalue weighted by molar-refractivity contribution is -0.143. The normalized spacial score (nSPS) is 29.8. The van der Waals surface area contributed by atoms with Crippen molar-refractivity contribution in [1.82, 2.24) is 0 Å². The third kappa shape index (κ3) is 2.09. The van der Waals surface area contributed by atoms with Gasteiger partial charge in [-0.25, -0.2) is 0 Å². The largest absolute Gasteiger partial charge is 0.492 e. The van der Waals surface area contributed by atoms with Gasteiger partial charge < -0.3 is 9.84 Å². The molecule has 2 aliphatic rings. The number of fused-ring (bicyclic) bond motifs is 2. The quantitative estimate of drug-likeness (QED) is 0.897. The molecule has 1 heterocycles. The van der Waals surface area contributed by atoms with Crippen LogP contribution >= 0.6 is 0 Å². The first-order chi connectivity index (χ1) is 9.52. The zero-order valence-corrected chi connectivity index (χ0v) is 12.2. The first kappa shape index (κ1) is 13.5. The summed E-state index contributed by atoms with van der Waals surface area (Å²) in [7, 11) is 0. The van der Waals surface area contributed by atoms with Gasteiger partial charge in [0.25, 0.3) is 0 Å². The smallest absolute Gasteiger partial charge is 0.306 e. The van der Waals surface area contributed by atoms with Crippen molar-refractivity contribution in [1.29, 1.82) is 0 Å². The third-order valence-corrected chi connectivity index (χ3v) is 5.30. The Morgan fingerprint density at radius 2 is 2.10 bits per heavy atom. The van der Waals surface area contributed by atoms with E-state index in [4.69, 9.17) is 9.84 Å². The van der Waals surface area contributed by atoms with Gasteiger partial charge in [0.2, 0.25) is 0 Å². The van der Waals surface area contributed by atoms with Crippen molar-refractivity contribution in [3.05, 3.63) is 29.3 Å². The maximum atomic E-state index is 11.1. The molecule has 0 bridgehead atoms. The SMILES string of the molecule is Cc1ccc2c(c1)OCC21CCC([C@H](C)C(=O)O)CC1. The lowest BCUT2D eigenvalue weighted by Crippen LogP contribution is -2.36. The first-order valence-corrected chi connectivity index (χ1v) is 7.49. The van der Waals surface area contributed by atoms with Gasteiger partial charge in [-0.15, -0.1) is 0 Å². The van der Waals surface area contributed by atoms with E-state index in [-0.39, 0.29) is 11.3 Å². The number of carboxylic acid groups (broad SMARTS) is 1. The molecule has 1 spiro atoms. The molecule has 108 valence electrons. The summed E-state index contributed by atoms with van der Waals surface area (Å²) in [5, 5.41) is 9.15. The summed E-state index contributed by atoms with van der Waals surface area (Å²) >= 11 is 0. The van der Waals surface area contributed by atoms with Crippen LogP contribution in [0.2, 0.25) is 0 Å². The summed E-state index contributed by atoms with van der Waals surface area (Å²) < 4.78 is 5.90. The van der Waals surface area contributed by atoms with Crippen molar-refractivity contribution >= 4 is 5.97 Å². The highest BCUT2D eigenvalue weighted by Gasteiger charge is 2.44. The van der Waals surface area contributed by atoms with E-state index in [1.807, 2.05) is 6.92 Å². The molecule has 0 aromatic heterocycles. The molecule has 3 rings (SSSR count). The standard InChI is InChI=1S/C17H22O3/c1-11-3-4-14-15(9-11)20-10-17(14)7-5-13(6-8-17)12(2)16(18)19/h3-4,9,12-13H,5-8,10H2,1-2H3,(H,18,19)/t12-,13?,17?/m0/s1. The van der Waals surface area contributed by atoms with Crippen molar-refractivity contribution in [2.45, 2.75) is 44.9 Å². The van der Waals surface area contributed by atoms with E-state index >= 15 is 0 Å². The predicted molar refractivity (Wildman–Crippen MR) is 77.1 cm³/mol. The average Bonchev–Trinajstić information content (AvgIpc) is 2.77. The topological polar surface area (TPSA) is 46.5 Å². The van der Waals surface area contributed by atoms with Crippen LogP contribution in [-0.4, -0.2) is 17.7 Å². The van der Waals surface area contributed by atoms with Crippen molar-refractivity contribution in [2.24, 2.45) is 11.8 Å². The minimum atomic E-state index is -0.662. The van der Waals surface area contributed by atoms with Crippen molar-refractivity contribution in [2.75, 3.05) is 6.61 Å². The number of carboxylic acids is 1. The highest BCUT2D eigenvalue weighted by molar-refractivity contribution is 5.69. The Hall–Kier alpha value is -1.51. The van der Waals surface area contributed by atoms with Gasteiger partial charge in [-0.2, -0.15) is 0 Å². The van der Waals surface area contributed by atoms with Crippen LogP contribution in [0.1, 0.15) is 43.7 Å². The van der Waals surface area contributed by atoms with E-state index in [0.29, 0.717) is 5.92 Å². The molecule has 1 aliphatic heterocycles. The average molecular weight is 274 g/mol. The van der Waals surface area contributed by atoms with Gasteiger partial charge in [0, 0.05) is 11.0 Å². The van der Waals surface area contributed by atoms with Crippen LogP contribution in [0.3, 0.4) is 0 Å². The number of rotatable bonds is 2. The van der Waals surface area contributed by atoms with E-state index in [1.54, 1.807) is 0 Å². The molecule has 0 amide bonds. The maximum absolute atomic E-state index is 11.1. The summed E-state index contributed by atoms with van der Waals surface area (Å²) in [6.45, 7) is 4.69. The molecule has 0 radical (unpaired) electrons. The van der Waals surface area contributed by atoms with Crippen molar-refractivity contribution in [3.8, 4) is 5.75 Å². The Kier molecular flexibility index (Phi) is 3.23. The summed E-state index contributed by atoms with van der Waals surface area (Å²) in [5.74, 6) is 0.458. The second-order valence-corrected chi connectivity index (χ2v) is 6.53. The fourth-order valence-corrected chi connectivity index (χ4v) is 3.79. The first-order valence-electron chi connectivity index (χ1n) is 7.49. The lowest BCUT2D eigenvalue weighted by atomic mass is 9.65. The van der Waals surface area contributed by atoms with Gasteiger partial charge in [0.05, 0.1) is 12.5 Å². The number of aliphatic carboxylic acids is 1. The fourth-order valence-electron chi connectivity index (χ4n) is 3.79. The molecule has 20 heavy (non-hydrogen) atoms. The highest BCUT2D eigenvalue weighted by Crippen LogP contribution is 2.50. The summed E-state index contributed by atoms with van der Waals surface area (Å²) in [4.78, 5) is 11.1. The van der Waals surface area contributed by atoms with Crippen molar-refractivity contribution in [3.63, 3.8) is 0 Å². The fraction of sp³-hybridized carbons (Fsp3) is 0.588. The van der Waals surface area contributed by atoms with Crippen molar-refractivity contribution < 1.29 is 14.6 Å². The maximum Gasteiger partial charge on any atom is 0.306 e. The van der Waals surface area contributed by atoms with E-state index in [9.17, 15) is 4.79 Å². The van der Waals surface area contributed by atoms with E-state index in [2.05, 4.69) is 25.1 Å². The van der Waals surface area contributed by atoms with Crippen LogP contribution in [0, 0.1) is 18.8 Å². The minimum Gasteiger partial charge on any atom is -0.492 e. The predicted octanol–water partition coefficient (Wildman–Crippen LogP) is 3.54. The molecule has 1 N–H and O–H groups in total. The monoisotopic (exact) mass is 274 g/mol. The molecule has 0 saturated heterocycles. The molecular formula is C17H22O3. The molecule has 1 aliphatic carbocycles. The number of ether oxygens (including phenoxy) is 1. The number of aryl methyl sites for hydroxylation is 1. The zero-order valence-electron chi connectivity index (χ0n) is 12.2. The number of carbonyl (C=O) groups is 1. The van der Waals surface area contributed by atoms with E-state index < -0.39 is 5.97 Å². The Balaban J connectivity index is 1.78. The van der Waals surface area contributed by atoms with Gasteiger partial charge >= 0.3 is 5.97 Å². The van der Waals surface area contributed by atoms with E-state index in [0.717, 1.165) is 38.0 Å². The van der Waals surface area contributed by atoms with Gasteiger partial charge in [-0.1, -0.05) is 19.1 Å². The molecule has 1 atom stereocenters. The van der Waals surface area contributed by atoms with Gasteiger partial charge in [-0.3, -0.25) is 4.79 Å². The Morgan fingerprint density at radius 3 is 2.75 bits per heavy atom. The van der Waals surface area contributed by atoms with Crippen LogP contribution in [0.5, 0.6) is 5.75 Å². The molecule has 1 fully saturated rings. The molecule has 0 unspecified atom stereocenters. The number of hydrogen-bond donors (Lipinski definition) is 1. The Labute approximate surface area is 120 Å². The summed E-state index contributed by atoms with van der Waals surface area (Å²) in [5.41, 5.74) is 2.70. The van der Waals surface area contributed by atoms with Gasteiger partial charge in [0.15, 0.2) is 0 Å². The van der Waals surface area contributed by atoms with Crippen LogP contribution in [-0.2, 0) is 10.2 Å². The molecule has 1 saturated carbocycles. The molecule has 1 aromatic rings. The zero-order chi connectivity index (χ0) is 14.3. The molecule has 3 heteroatoms. The Bertz CT molecular complexity index is 527. The van der Waals surface area contributed by atoms with Crippen LogP contribution in [0.15, 0.2) is 18.2 Å². The molecule has 3 nitrogen and oxygen atoms in total. The number of hydrogen-bond acceptors (Lipinski definition) is 2. The second kappa shape index (κ2) is 4.80. The number of benzene rings is 1. The van der Waals surface area contributed by atoms with Gasteiger partial charge in [-0.05, 0) is 50.2 Å². The third-order valence-electron chi connectivity index (χ3n) is 5.30. The van der Waals surface area contributed by atoms with Crippen LogP contribution in [0.4, 0.5) is 0 Å². The molecule has 1 aromatic carbocycles. The lowest BCUT2D eigenvalue weighted by Gasteiger charge is -2.37. The van der Waals surface area contributed by atoms with Crippen LogP contribution < -0.4 is 4.74 Å². The Morgan fingerprint density at radius 1 is 1.40 bits per heavy atom. The van der Waals surface area contributed by atoms with Gasteiger partial charge in [0.1, 0.15) is 5.75 Å². The molecular weight excluding hydrogens is 252 g/mol. The highest BCUT2D eigenvalue weighted by atomic mass is 16.5. The summed E-state index contributed by atoms with van der Waals surface area (Å²) in [6.07, 6.45) is 4.07. The van der Waals surface area contributed by atoms with Crippen LogP contribution in [0.25, 0.3) is 0 Å². The second-order valence-electron chi connectivity index (χ2n) is 6.53. The summed E-state index contributed by atoms with van der Waals surface area (Å²) in [6, 6.07) is 6.48. The van der Waals surface area contributed by atoms with E-state index in [1.165, 1.54) is 11.1 Å².